The molecule has 1 N–H and O–H groups in total. The number of rotatable bonds is 7. The number of ether oxygens (including phenoxy) is 1. The lowest BCUT2D eigenvalue weighted by molar-refractivity contribution is -0.139. The molecule has 1 fully saturated rings. The van der Waals surface area contributed by atoms with E-state index in [1.54, 1.807) is 4.90 Å². The first-order chi connectivity index (χ1) is 11.4. The summed E-state index contributed by atoms with van der Waals surface area (Å²) in [6.07, 6.45) is 2.75. The Morgan fingerprint density at radius 1 is 1.46 bits per heavy atom. The first-order valence-electron chi connectivity index (χ1n) is 8.55. The third-order valence-corrected chi connectivity index (χ3v) is 5.39. The molecule has 2 rings (SSSR count). The molecule has 2 heterocycles. The Morgan fingerprint density at radius 3 is 2.75 bits per heavy atom. The maximum Gasteiger partial charge on any atom is 0.245 e. The van der Waals surface area contributed by atoms with Gasteiger partial charge < -0.3 is 15.0 Å². The number of amides is 2. The molecule has 24 heavy (non-hydrogen) atoms. The molecule has 2 atom stereocenters. The number of anilines is 1. The molecule has 1 aromatic rings. The largest absolute Gasteiger partial charge is 0.376 e. The SMILES string of the molecule is CC[C@@H](C)C(=O)N(CC(=O)Nc1nc(C)c(C)s1)C[C@H]1CCCO1. The summed E-state index contributed by atoms with van der Waals surface area (Å²) in [7, 11) is 0. The third-order valence-electron chi connectivity index (χ3n) is 4.40. The van der Waals surface area contributed by atoms with Crippen LogP contribution in [0, 0.1) is 19.8 Å². The molecule has 0 spiro atoms. The van der Waals surface area contributed by atoms with Crippen molar-refractivity contribution in [3.63, 3.8) is 0 Å². The minimum atomic E-state index is -0.210. The molecular formula is C17H27N3O3S. The van der Waals surface area contributed by atoms with Crippen molar-refractivity contribution in [1.29, 1.82) is 0 Å². The van der Waals surface area contributed by atoms with Gasteiger partial charge >= 0.3 is 0 Å². The number of thiazole rings is 1. The summed E-state index contributed by atoms with van der Waals surface area (Å²) in [5.41, 5.74) is 0.919. The highest BCUT2D eigenvalue weighted by Gasteiger charge is 2.26. The predicted octanol–water partition coefficient (Wildman–Crippen LogP) is 2.75. The fourth-order valence-electron chi connectivity index (χ4n) is 2.61. The van der Waals surface area contributed by atoms with Gasteiger partial charge in [0.1, 0.15) is 6.54 Å². The van der Waals surface area contributed by atoms with Gasteiger partial charge in [0.25, 0.3) is 0 Å². The summed E-state index contributed by atoms with van der Waals surface area (Å²) >= 11 is 1.45. The summed E-state index contributed by atoms with van der Waals surface area (Å²) in [5, 5.41) is 3.39. The van der Waals surface area contributed by atoms with Crippen LogP contribution in [0.25, 0.3) is 0 Å². The van der Waals surface area contributed by atoms with Gasteiger partial charge in [-0.1, -0.05) is 13.8 Å². The molecule has 0 saturated carbocycles. The summed E-state index contributed by atoms with van der Waals surface area (Å²) < 4.78 is 5.63. The van der Waals surface area contributed by atoms with Crippen molar-refractivity contribution in [2.45, 2.75) is 53.1 Å². The predicted molar refractivity (Wildman–Crippen MR) is 95.2 cm³/mol. The lowest BCUT2D eigenvalue weighted by Crippen LogP contribution is -2.44. The van der Waals surface area contributed by atoms with Gasteiger partial charge in [0.2, 0.25) is 11.8 Å². The van der Waals surface area contributed by atoms with E-state index in [0.717, 1.165) is 36.4 Å². The number of aromatic nitrogens is 1. The summed E-state index contributed by atoms with van der Waals surface area (Å²) in [4.78, 5) is 32.0. The molecule has 1 aromatic heterocycles. The molecular weight excluding hydrogens is 326 g/mol. The van der Waals surface area contributed by atoms with Gasteiger partial charge in [-0.25, -0.2) is 4.98 Å². The lowest BCUT2D eigenvalue weighted by Gasteiger charge is -2.27. The van der Waals surface area contributed by atoms with E-state index < -0.39 is 0 Å². The van der Waals surface area contributed by atoms with Gasteiger partial charge in [-0.05, 0) is 33.1 Å². The number of nitrogens with one attached hydrogen (secondary N) is 1. The molecule has 7 heteroatoms. The summed E-state index contributed by atoms with van der Waals surface area (Å²) in [6, 6.07) is 0. The van der Waals surface area contributed by atoms with Crippen LogP contribution in [0.2, 0.25) is 0 Å². The van der Waals surface area contributed by atoms with E-state index in [1.807, 2.05) is 27.7 Å². The van der Waals surface area contributed by atoms with Crippen LogP contribution in [-0.2, 0) is 14.3 Å². The van der Waals surface area contributed by atoms with Crippen molar-refractivity contribution >= 4 is 28.3 Å². The Hall–Kier alpha value is -1.47. The highest BCUT2D eigenvalue weighted by Crippen LogP contribution is 2.21. The molecule has 0 aliphatic carbocycles. The van der Waals surface area contributed by atoms with Gasteiger partial charge in [-0.3, -0.25) is 9.59 Å². The highest BCUT2D eigenvalue weighted by atomic mass is 32.1. The Labute approximate surface area is 147 Å². The smallest absolute Gasteiger partial charge is 0.245 e. The van der Waals surface area contributed by atoms with E-state index in [4.69, 9.17) is 4.74 Å². The van der Waals surface area contributed by atoms with E-state index in [0.29, 0.717) is 11.7 Å². The van der Waals surface area contributed by atoms with Gasteiger partial charge in [0, 0.05) is 23.9 Å². The van der Waals surface area contributed by atoms with Crippen molar-refractivity contribution in [2.75, 3.05) is 25.0 Å². The molecule has 0 unspecified atom stereocenters. The van der Waals surface area contributed by atoms with E-state index in [2.05, 4.69) is 10.3 Å². The van der Waals surface area contributed by atoms with Crippen LogP contribution in [0.4, 0.5) is 5.13 Å². The lowest BCUT2D eigenvalue weighted by atomic mass is 10.1. The molecule has 6 nitrogen and oxygen atoms in total. The fourth-order valence-corrected chi connectivity index (χ4v) is 3.44. The van der Waals surface area contributed by atoms with Crippen LogP contribution < -0.4 is 5.32 Å². The third kappa shape index (κ3) is 5.01. The maximum atomic E-state index is 12.6. The van der Waals surface area contributed by atoms with Crippen molar-refractivity contribution in [2.24, 2.45) is 5.92 Å². The summed E-state index contributed by atoms with van der Waals surface area (Å²) in [5.74, 6) is -0.295. The van der Waals surface area contributed by atoms with Crippen LogP contribution >= 0.6 is 11.3 Å². The maximum absolute atomic E-state index is 12.6. The topological polar surface area (TPSA) is 71.5 Å². The molecule has 2 amide bonds. The summed E-state index contributed by atoms with van der Waals surface area (Å²) in [6.45, 7) is 9.02. The van der Waals surface area contributed by atoms with Gasteiger partial charge in [-0.15, -0.1) is 11.3 Å². The Kier molecular flexibility index (Phi) is 6.74. The van der Waals surface area contributed by atoms with E-state index >= 15 is 0 Å². The highest BCUT2D eigenvalue weighted by molar-refractivity contribution is 7.15. The zero-order valence-electron chi connectivity index (χ0n) is 14.9. The van der Waals surface area contributed by atoms with Gasteiger partial charge in [-0.2, -0.15) is 0 Å². The van der Waals surface area contributed by atoms with E-state index in [9.17, 15) is 9.59 Å². The van der Waals surface area contributed by atoms with Crippen molar-refractivity contribution in [1.82, 2.24) is 9.88 Å². The van der Waals surface area contributed by atoms with Gasteiger partial charge in [0.15, 0.2) is 5.13 Å². The minimum absolute atomic E-state index is 0.00894. The van der Waals surface area contributed by atoms with E-state index in [1.165, 1.54) is 11.3 Å². The molecule has 0 radical (unpaired) electrons. The van der Waals surface area contributed by atoms with Gasteiger partial charge in [0.05, 0.1) is 11.8 Å². The molecule has 1 aliphatic rings. The number of carbonyl (C=O) groups is 2. The van der Waals surface area contributed by atoms with Crippen LogP contribution in [0.1, 0.15) is 43.7 Å². The zero-order chi connectivity index (χ0) is 17.7. The normalized spacial score (nSPS) is 18.4. The molecule has 0 bridgehead atoms. The average Bonchev–Trinajstić information content (AvgIpc) is 3.15. The van der Waals surface area contributed by atoms with Crippen LogP contribution in [0.3, 0.4) is 0 Å². The molecule has 134 valence electrons. The van der Waals surface area contributed by atoms with Crippen molar-refractivity contribution in [3.8, 4) is 0 Å². The number of hydrogen-bond donors (Lipinski definition) is 1. The standard InChI is InChI=1S/C17H27N3O3S/c1-5-11(2)16(22)20(9-14-7-6-8-23-14)10-15(21)19-17-18-12(3)13(4)24-17/h11,14H,5-10H2,1-4H3,(H,18,19,21)/t11-,14-/m1/s1. The second-order valence-electron chi connectivity index (χ2n) is 6.37. The van der Waals surface area contributed by atoms with Crippen molar-refractivity contribution < 1.29 is 14.3 Å². The Bertz CT molecular complexity index is 562. The number of nitrogens with zero attached hydrogens (tertiary/aromatic N) is 2. The quantitative estimate of drug-likeness (QED) is 0.818. The van der Waals surface area contributed by atoms with Crippen LogP contribution in [0.15, 0.2) is 0 Å². The van der Waals surface area contributed by atoms with Crippen LogP contribution in [-0.4, -0.2) is 47.5 Å². The Morgan fingerprint density at radius 2 is 2.21 bits per heavy atom. The van der Waals surface area contributed by atoms with Crippen molar-refractivity contribution in [3.05, 3.63) is 10.6 Å². The average molecular weight is 353 g/mol. The second-order valence-corrected chi connectivity index (χ2v) is 7.58. The Balaban J connectivity index is 1.99. The monoisotopic (exact) mass is 353 g/mol. The number of hydrogen-bond acceptors (Lipinski definition) is 5. The number of carbonyl (C=O) groups excluding carboxylic acids is 2. The van der Waals surface area contributed by atoms with E-state index in [-0.39, 0.29) is 30.4 Å². The molecule has 0 aromatic carbocycles. The number of aryl methyl sites for hydroxylation is 2. The second kappa shape index (κ2) is 8.58. The first kappa shape index (κ1) is 18.9. The van der Waals surface area contributed by atoms with Crippen LogP contribution in [0.5, 0.6) is 0 Å². The zero-order valence-corrected chi connectivity index (χ0v) is 15.7. The molecule has 1 aliphatic heterocycles. The molecule has 1 saturated heterocycles. The fraction of sp³-hybridized carbons (Fsp3) is 0.706. The first-order valence-corrected chi connectivity index (χ1v) is 9.36. The minimum Gasteiger partial charge on any atom is -0.376 e.